The van der Waals surface area contributed by atoms with Gasteiger partial charge in [0.1, 0.15) is 5.76 Å². The topological polar surface area (TPSA) is 62.6 Å². The summed E-state index contributed by atoms with van der Waals surface area (Å²) in [6, 6.07) is 10.7. The molecule has 0 unspecified atom stereocenters. The third-order valence-corrected chi connectivity index (χ3v) is 4.66. The van der Waals surface area contributed by atoms with E-state index in [-0.39, 0.29) is 16.1 Å². The summed E-state index contributed by atoms with van der Waals surface area (Å²) in [6.07, 6.45) is 6.64. The van der Waals surface area contributed by atoms with Crippen molar-refractivity contribution in [2.24, 2.45) is 0 Å². The summed E-state index contributed by atoms with van der Waals surface area (Å²) in [7, 11) is 0. The standard InChI is InChI=1S/C18H14N2O3S2/c1-12-5-2-6-13(11-12)16(21)19-20-17(22)15(25-18(20)24)9-3-7-14-8-4-10-23-14/h2-11H,1H3,(H,19,21)/b7-3+,15-9+. The molecule has 1 fully saturated rings. The number of allylic oxidation sites excluding steroid dienone is 2. The van der Waals surface area contributed by atoms with Crippen LogP contribution < -0.4 is 5.43 Å². The second-order valence-electron chi connectivity index (χ2n) is 5.22. The van der Waals surface area contributed by atoms with Gasteiger partial charge in [-0.05, 0) is 55.6 Å². The van der Waals surface area contributed by atoms with E-state index in [0.29, 0.717) is 16.2 Å². The molecule has 1 saturated heterocycles. The van der Waals surface area contributed by atoms with Crippen molar-refractivity contribution in [2.75, 3.05) is 0 Å². The third kappa shape index (κ3) is 4.07. The first kappa shape index (κ1) is 17.2. The van der Waals surface area contributed by atoms with Gasteiger partial charge >= 0.3 is 0 Å². The van der Waals surface area contributed by atoms with Crippen LogP contribution in [0.2, 0.25) is 0 Å². The molecule has 3 rings (SSSR count). The summed E-state index contributed by atoms with van der Waals surface area (Å²) in [5, 5.41) is 1.09. The summed E-state index contributed by atoms with van der Waals surface area (Å²) in [5.74, 6) is -0.0630. The SMILES string of the molecule is Cc1cccc(C(=O)NN2C(=O)/C(=C\C=C\c3ccco3)SC2=S)c1. The van der Waals surface area contributed by atoms with Crippen molar-refractivity contribution in [1.82, 2.24) is 10.4 Å². The molecule has 1 N–H and O–H groups in total. The molecule has 1 aromatic heterocycles. The molecule has 1 aliphatic heterocycles. The first-order chi connectivity index (χ1) is 12.0. The number of hydrogen-bond donors (Lipinski definition) is 1. The van der Waals surface area contributed by atoms with Crippen LogP contribution in [0, 0.1) is 6.92 Å². The maximum atomic E-state index is 12.4. The normalized spacial score (nSPS) is 16.2. The summed E-state index contributed by atoms with van der Waals surface area (Å²) >= 11 is 6.32. The fourth-order valence-corrected chi connectivity index (χ4v) is 3.28. The van der Waals surface area contributed by atoms with Crippen molar-refractivity contribution in [3.05, 3.63) is 76.6 Å². The van der Waals surface area contributed by atoms with Gasteiger partial charge < -0.3 is 4.42 Å². The molecular formula is C18H14N2O3S2. The third-order valence-electron chi connectivity index (χ3n) is 3.34. The molecule has 2 heterocycles. The van der Waals surface area contributed by atoms with Crippen molar-refractivity contribution in [3.8, 4) is 0 Å². The lowest BCUT2D eigenvalue weighted by Crippen LogP contribution is -2.44. The number of benzene rings is 1. The minimum Gasteiger partial charge on any atom is -0.465 e. The van der Waals surface area contributed by atoms with Crippen LogP contribution in [0.5, 0.6) is 0 Å². The van der Waals surface area contributed by atoms with Gasteiger partial charge in [-0.15, -0.1) is 0 Å². The summed E-state index contributed by atoms with van der Waals surface area (Å²) in [5.41, 5.74) is 3.98. The molecule has 0 spiro atoms. The van der Waals surface area contributed by atoms with Crippen LogP contribution in [0.1, 0.15) is 21.7 Å². The Labute approximate surface area is 154 Å². The molecule has 2 aromatic rings. The minimum absolute atomic E-state index is 0.281. The number of nitrogens with zero attached hydrogens (tertiary/aromatic N) is 1. The van der Waals surface area contributed by atoms with E-state index in [1.165, 1.54) is 0 Å². The second-order valence-corrected chi connectivity index (χ2v) is 6.90. The summed E-state index contributed by atoms with van der Waals surface area (Å²) < 4.78 is 5.46. The Morgan fingerprint density at radius 1 is 1.32 bits per heavy atom. The van der Waals surface area contributed by atoms with Crippen molar-refractivity contribution in [3.63, 3.8) is 0 Å². The molecule has 1 aliphatic rings. The van der Waals surface area contributed by atoms with Crippen LogP contribution in [0.4, 0.5) is 0 Å². The van der Waals surface area contributed by atoms with Crippen LogP contribution in [0.3, 0.4) is 0 Å². The van der Waals surface area contributed by atoms with E-state index in [1.807, 2.05) is 13.0 Å². The fraction of sp³-hybridized carbons (Fsp3) is 0.0556. The summed E-state index contributed by atoms with van der Waals surface area (Å²) in [4.78, 5) is 25.1. The van der Waals surface area contributed by atoms with Crippen LogP contribution in [-0.2, 0) is 4.79 Å². The Balaban J connectivity index is 1.70. The molecule has 0 aliphatic carbocycles. The van der Waals surface area contributed by atoms with Gasteiger partial charge in [0, 0.05) is 5.56 Å². The zero-order chi connectivity index (χ0) is 17.8. The second kappa shape index (κ2) is 7.50. The highest BCUT2D eigenvalue weighted by Gasteiger charge is 2.33. The van der Waals surface area contributed by atoms with Gasteiger partial charge in [0.05, 0.1) is 11.2 Å². The highest BCUT2D eigenvalue weighted by Crippen LogP contribution is 2.29. The maximum Gasteiger partial charge on any atom is 0.285 e. The van der Waals surface area contributed by atoms with Crippen LogP contribution in [-0.4, -0.2) is 21.1 Å². The van der Waals surface area contributed by atoms with Crippen molar-refractivity contribution < 1.29 is 14.0 Å². The van der Waals surface area contributed by atoms with Crippen molar-refractivity contribution in [1.29, 1.82) is 0 Å². The number of hydrogen-bond acceptors (Lipinski definition) is 5. The van der Waals surface area contributed by atoms with Gasteiger partial charge in [0.25, 0.3) is 11.8 Å². The number of thioether (sulfide) groups is 1. The Kier molecular flexibility index (Phi) is 5.16. The first-order valence-corrected chi connectivity index (χ1v) is 8.63. The van der Waals surface area contributed by atoms with E-state index >= 15 is 0 Å². The number of carbonyl (C=O) groups is 2. The molecule has 126 valence electrons. The van der Waals surface area contributed by atoms with Gasteiger partial charge in [0.2, 0.25) is 0 Å². The average molecular weight is 370 g/mol. The Morgan fingerprint density at radius 2 is 2.16 bits per heavy atom. The summed E-state index contributed by atoms with van der Waals surface area (Å²) in [6.45, 7) is 1.89. The molecule has 0 bridgehead atoms. The molecule has 2 amide bonds. The number of nitrogens with one attached hydrogen (secondary N) is 1. The number of furan rings is 1. The van der Waals surface area contributed by atoms with Crippen molar-refractivity contribution in [2.45, 2.75) is 6.92 Å². The van der Waals surface area contributed by atoms with Gasteiger partial charge in [-0.1, -0.05) is 35.5 Å². The number of thiocarbonyl (C=S) groups is 1. The van der Waals surface area contributed by atoms with E-state index < -0.39 is 0 Å². The lowest BCUT2D eigenvalue weighted by Gasteiger charge is -2.15. The number of hydrazine groups is 1. The molecule has 1 aromatic carbocycles. The van der Waals surface area contributed by atoms with Gasteiger partial charge in [-0.2, -0.15) is 5.01 Å². The predicted molar refractivity (Wildman–Crippen MR) is 102 cm³/mol. The van der Waals surface area contributed by atoms with Crippen LogP contribution in [0.25, 0.3) is 6.08 Å². The minimum atomic E-state index is -0.382. The molecule has 5 nitrogen and oxygen atoms in total. The quantitative estimate of drug-likeness (QED) is 0.657. The fourth-order valence-electron chi connectivity index (χ4n) is 2.15. The zero-order valence-corrected chi connectivity index (χ0v) is 14.9. The molecule has 0 saturated carbocycles. The Bertz CT molecular complexity index is 885. The number of rotatable bonds is 4. The Morgan fingerprint density at radius 3 is 2.88 bits per heavy atom. The van der Waals surface area contributed by atoms with E-state index in [2.05, 4.69) is 5.43 Å². The number of amides is 2. The maximum absolute atomic E-state index is 12.4. The monoisotopic (exact) mass is 370 g/mol. The largest absolute Gasteiger partial charge is 0.465 e. The van der Waals surface area contributed by atoms with Crippen LogP contribution >= 0.6 is 24.0 Å². The van der Waals surface area contributed by atoms with E-state index in [1.54, 1.807) is 54.8 Å². The number of aryl methyl sites for hydroxylation is 1. The molecule has 0 atom stereocenters. The lowest BCUT2D eigenvalue weighted by atomic mass is 10.1. The van der Waals surface area contributed by atoms with E-state index in [9.17, 15) is 9.59 Å². The number of carbonyl (C=O) groups excluding carboxylic acids is 2. The molecule has 7 heteroatoms. The van der Waals surface area contributed by atoms with Crippen molar-refractivity contribution >= 4 is 46.2 Å². The molecule has 0 radical (unpaired) electrons. The van der Waals surface area contributed by atoms with Gasteiger partial charge in [-0.25, -0.2) is 0 Å². The molecule has 25 heavy (non-hydrogen) atoms. The van der Waals surface area contributed by atoms with Gasteiger partial charge in [-0.3, -0.25) is 15.0 Å². The zero-order valence-electron chi connectivity index (χ0n) is 13.3. The van der Waals surface area contributed by atoms with E-state index in [4.69, 9.17) is 16.6 Å². The molecular weight excluding hydrogens is 356 g/mol. The van der Waals surface area contributed by atoms with Crippen LogP contribution in [0.15, 0.2) is 64.1 Å². The predicted octanol–water partition coefficient (Wildman–Crippen LogP) is 3.69. The van der Waals surface area contributed by atoms with E-state index in [0.717, 1.165) is 22.3 Å². The average Bonchev–Trinajstić information content (AvgIpc) is 3.19. The first-order valence-electron chi connectivity index (χ1n) is 7.40. The van der Waals surface area contributed by atoms with Gasteiger partial charge in [0.15, 0.2) is 4.32 Å². The Hall–Kier alpha value is -2.64. The highest BCUT2D eigenvalue weighted by molar-refractivity contribution is 8.26. The smallest absolute Gasteiger partial charge is 0.285 e. The highest BCUT2D eigenvalue weighted by atomic mass is 32.2. The lowest BCUT2D eigenvalue weighted by molar-refractivity contribution is -0.123.